The summed E-state index contributed by atoms with van der Waals surface area (Å²) >= 11 is 0. The van der Waals surface area contributed by atoms with Crippen molar-refractivity contribution in [2.75, 3.05) is 0 Å². The minimum Gasteiger partial charge on any atom is -0.265 e. The summed E-state index contributed by atoms with van der Waals surface area (Å²) in [6.07, 6.45) is 5.95. The number of carbonyl (C=O) groups is 1. The SMILES string of the molecule is Cc1ccccc1/C=N/NC(=O)c1cnccn1. The first kappa shape index (κ1) is 11.9. The van der Waals surface area contributed by atoms with Gasteiger partial charge in [-0.1, -0.05) is 24.3 Å². The van der Waals surface area contributed by atoms with E-state index in [1.165, 1.54) is 18.6 Å². The number of hydrogen-bond donors (Lipinski definition) is 1. The van der Waals surface area contributed by atoms with E-state index in [4.69, 9.17) is 0 Å². The highest BCUT2D eigenvalue weighted by molar-refractivity contribution is 5.92. The average molecular weight is 240 g/mol. The maximum Gasteiger partial charge on any atom is 0.291 e. The van der Waals surface area contributed by atoms with Gasteiger partial charge in [0.25, 0.3) is 5.91 Å². The van der Waals surface area contributed by atoms with Crippen molar-refractivity contribution in [3.8, 4) is 0 Å². The topological polar surface area (TPSA) is 67.2 Å². The summed E-state index contributed by atoms with van der Waals surface area (Å²) in [6, 6.07) is 7.77. The number of carbonyl (C=O) groups excluding carboxylic acids is 1. The summed E-state index contributed by atoms with van der Waals surface area (Å²) in [7, 11) is 0. The first-order chi connectivity index (χ1) is 8.77. The average Bonchev–Trinajstić information content (AvgIpc) is 2.42. The van der Waals surface area contributed by atoms with Gasteiger partial charge in [-0.25, -0.2) is 10.4 Å². The third kappa shape index (κ3) is 2.98. The normalized spacial score (nSPS) is 10.5. The zero-order valence-corrected chi connectivity index (χ0v) is 9.87. The van der Waals surface area contributed by atoms with Gasteiger partial charge in [-0.05, 0) is 18.1 Å². The molecule has 5 nitrogen and oxygen atoms in total. The van der Waals surface area contributed by atoms with E-state index in [1.807, 2.05) is 31.2 Å². The molecule has 90 valence electrons. The van der Waals surface area contributed by atoms with Crippen LogP contribution in [0.3, 0.4) is 0 Å². The van der Waals surface area contributed by atoms with E-state index >= 15 is 0 Å². The number of nitrogens with zero attached hydrogens (tertiary/aromatic N) is 3. The summed E-state index contributed by atoms with van der Waals surface area (Å²) < 4.78 is 0. The Labute approximate surface area is 105 Å². The van der Waals surface area contributed by atoms with Crippen LogP contribution in [-0.2, 0) is 0 Å². The van der Waals surface area contributed by atoms with Crippen LogP contribution in [-0.4, -0.2) is 22.1 Å². The van der Waals surface area contributed by atoms with Crippen molar-refractivity contribution in [1.29, 1.82) is 0 Å². The van der Waals surface area contributed by atoms with E-state index in [0.717, 1.165) is 11.1 Å². The van der Waals surface area contributed by atoms with E-state index in [2.05, 4.69) is 20.5 Å². The van der Waals surface area contributed by atoms with Crippen molar-refractivity contribution >= 4 is 12.1 Å². The molecule has 0 saturated carbocycles. The molecular formula is C13H12N4O. The molecule has 1 heterocycles. The lowest BCUT2D eigenvalue weighted by Crippen LogP contribution is -2.19. The van der Waals surface area contributed by atoms with Gasteiger partial charge in [0, 0.05) is 12.4 Å². The van der Waals surface area contributed by atoms with Gasteiger partial charge < -0.3 is 0 Å². The van der Waals surface area contributed by atoms with Gasteiger partial charge in [-0.15, -0.1) is 0 Å². The van der Waals surface area contributed by atoms with E-state index in [0.29, 0.717) is 0 Å². The summed E-state index contributed by atoms with van der Waals surface area (Å²) in [5.74, 6) is -0.382. The summed E-state index contributed by atoms with van der Waals surface area (Å²) in [5.41, 5.74) is 4.69. The smallest absolute Gasteiger partial charge is 0.265 e. The Morgan fingerprint density at radius 2 is 2.17 bits per heavy atom. The van der Waals surface area contributed by atoms with Gasteiger partial charge in [0.15, 0.2) is 0 Å². The Kier molecular flexibility index (Phi) is 3.76. The number of aryl methyl sites for hydroxylation is 1. The van der Waals surface area contributed by atoms with Crippen molar-refractivity contribution in [1.82, 2.24) is 15.4 Å². The van der Waals surface area contributed by atoms with E-state index in [1.54, 1.807) is 6.21 Å². The third-order valence-corrected chi connectivity index (χ3v) is 2.35. The third-order valence-electron chi connectivity index (χ3n) is 2.35. The first-order valence-corrected chi connectivity index (χ1v) is 5.42. The fourth-order valence-electron chi connectivity index (χ4n) is 1.37. The van der Waals surface area contributed by atoms with Gasteiger partial charge in [-0.3, -0.25) is 9.78 Å². The van der Waals surface area contributed by atoms with Crippen LogP contribution in [0.1, 0.15) is 21.6 Å². The van der Waals surface area contributed by atoms with Gasteiger partial charge in [0.1, 0.15) is 5.69 Å². The molecule has 0 radical (unpaired) electrons. The second-order valence-electron chi connectivity index (χ2n) is 3.65. The minimum atomic E-state index is -0.382. The highest BCUT2D eigenvalue weighted by Crippen LogP contribution is 2.03. The fourth-order valence-corrected chi connectivity index (χ4v) is 1.37. The van der Waals surface area contributed by atoms with Crippen molar-refractivity contribution in [3.05, 3.63) is 59.7 Å². The maximum atomic E-state index is 11.6. The summed E-state index contributed by atoms with van der Waals surface area (Å²) in [4.78, 5) is 19.3. The van der Waals surface area contributed by atoms with E-state index < -0.39 is 0 Å². The van der Waals surface area contributed by atoms with E-state index in [9.17, 15) is 4.79 Å². The monoisotopic (exact) mass is 240 g/mol. The molecule has 0 bridgehead atoms. The Morgan fingerprint density at radius 3 is 2.89 bits per heavy atom. The highest BCUT2D eigenvalue weighted by atomic mass is 16.2. The minimum absolute atomic E-state index is 0.236. The largest absolute Gasteiger partial charge is 0.291 e. The lowest BCUT2D eigenvalue weighted by molar-refractivity contribution is 0.0949. The van der Waals surface area contributed by atoms with Gasteiger partial charge in [0.05, 0.1) is 12.4 Å². The van der Waals surface area contributed by atoms with Gasteiger partial charge in [-0.2, -0.15) is 5.10 Å². The number of amides is 1. The van der Waals surface area contributed by atoms with Crippen molar-refractivity contribution in [3.63, 3.8) is 0 Å². The lowest BCUT2D eigenvalue weighted by atomic mass is 10.1. The molecular weight excluding hydrogens is 228 g/mol. The summed E-state index contributed by atoms with van der Waals surface area (Å²) in [5, 5.41) is 3.89. The Hall–Kier alpha value is -2.56. The second-order valence-corrected chi connectivity index (χ2v) is 3.65. The quantitative estimate of drug-likeness (QED) is 0.653. The molecule has 0 aliphatic rings. The zero-order valence-electron chi connectivity index (χ0n) is 9.87. The van der Waals surface area contributed by atoms with Crippen LogP contribution in [0.2, 0.25) is 0 Å². The molecule has 0 aliphatic heterocycles. The maximum absolute atomic E-state index is 11.6. The highest BCUT2D eigenvalue weighted by Gasteiger charge is 2.04. The summed E-state index contributed by atoms with van der Waals surface area (Å²) in [6.45, 7) is 1.98. The number of nitrogens with one attached hydrogen (secondary N) is 1. The number of benzene rings is 1. The molecule has 0 fully saturated rings. The Bertz CT molecular complexity index is 566. The lowest BCUT2D eigenvalue weighted by Gasteiger charge is -1.99. The van der Waals surface area contributed by atoms with Crippen molar-refractivity contribution < 1.29 is 4.79 Å². The fraction of sp³-hybridized carbons (Fsp3) is 0.0769. The van der Waals surface area contributed by atoms with Crippen LogP contribution in [0.25, 0.3) is 0 Å². The predicted octanol–water partition coefficient (Wildman–Crippen LogP) is 1.55. The van der Waals surface area contributed by atoms with Crippen LogP contribution >= 0.6 is 0 Å². The zero-order chi connectivity index (χ0) is 12.8. The Morgan fingerprint density at radius 1 is 1.33 bits per heavy atom. The van der Waals surface area contributed by atoms with Crippen molar-refractivity contribution in [2.24, 2.45) is 5.10 Å². The van der Waals surface area contributed by atoms with Crippen LogP contribution < -0.4 is 5.43 Å². The molecule has 1 aromatic carbocycles. The molecule has 0 saturated heterocycles. The second kappa shape index (κ2) is 5.67. The van der Waals surface area contributed by atoms with Crippen LogP contribution in [0.15, 0.2) is 48.0 Å². The molecule has 5 heteroatoms. The molecule has 1 N–H and O–H groups in total. The molecule has 18 heavy (non-hydrogen) atoms. The molecule has 0 aliphatic carbocycles. The van der Waals surface area contributed by atoms with Gasteiger partial charge in [0.2, 0.25) is 0 Å². The standard InChI is InChI=1S/C13H12N4O/c1-10-4-2-3-5-11(10)8-16-17-13(18)12-9-14-6-7-15-12/h2-9H,1H3,(H,17,18)/b16-8+. The molecule has 2 aromatic rings. The predicted molar refractivity (Wildman–Crippen MR) is 68.3 cm³/mol. The van der Waals surface area contributed by atoms with Crippen LogP contribution in [0.4, 0.5) is 0 Å². The van der Waals surface area contributed by atoms with E-state index in [-0.39, 0.29) is 11.6 Å². The molecule has 0 atom stereocenters. The molecule has 2 rings (SSSR count). The van der Waals surface area contributed by atoms with Crippen LogP contribution in [0.5, 0.6) is 0 Å². The number of hydrogen-bond acceptors (Lipinski definition) is 4. The number of hydrazone groups is 1. The molecule has 1 aromatic heterocycles. The molecule has 1 amide bonds. The van der Waals surface area contributed by atoms with Crippen LogP contribution in [0, 0.1) is 6.92 Å². The Balaban J connectivity index is 2.00. The van der Waals surface area contributed by atoms with Gasteiger partial charge >= 0.3 is 0 Å². The first-order valence-electron chi connectivity index (χ1n) is 5.42. The van der Waals surface area contributed by atoms with Crippen molar-refractivity contribution in [2.45, 2.75) is 6.92 Å². The number of aromatic nitrogens is 2. The molecule has 0 spiro atoms. The number of rotatable bonds is 3. The molecule has 0 unspecified atom stereocenters.